The molecule has 5 heteroatoms. The van der Waals surface area contributed by atoms with E-state index in [-0.39, 0.29) is 0 Å². The van der Waals surface area contributed by atoms with E-state index < -0.39 is 0 Å². The summed E-state index contributed by atoms with van der Waals surface area (Å²) in [7, 11) is 0. The number of piperidine rings is 1. The van der Waals surface area contributed by atoms with Crippen molar-refractivity contribution in [1.82, 2.24) is 9.80 Å². The number of carbonyl (C=O) groups is 1. The van der Waals surface area contributed by atoms with Gasteiger partial charge in [0.1, 0.15) is 0 Å². The number of benzene rings is 1. The van der Waals surface area contributed by atoms with Crippen LogP contribution < -0.4 is 9.47 Å². The standard InChI is InChI=1S/C18H24N2O3/c21-17-7-3-9-20(17)11-14-4-2-8-19(10-14)12-15-5-1-6-16-18(15)23-13-22-16/h1,5-6,14H,2-4,7-13H2. The molecular weight excluding hydrogens is 292 g/mol. The lowest BCUT2D eigenvalue weighted by molar-refractivity contribution is -0.128. The Morgan fingerprint density at radius 2 is 2.13 bits per heavy atom. The zero-order chi connectivity index (χ0) is 15.6. The average Bonchev–Trinajstić information content (AvgIpc) is 3.18. The Labute approximate surface area is 137 Å². The summed E-state index contributed by atoms with van der Waals surface area (Å²) in [6.07, 6.45) is 4.21. The van der Waals surface area contributed by atoms with Crippen molar-refractivity contribution < 1.29 is 14.3 Å². The van der Waals surface area contributed by atoms with E-state index in [9.17, 15) is 4.79 Å². The molecule has 3 aliphatic rings. The molecule has 0 aromatic heterocycles. The molecule has 0 saturated carbocycles. The van der Waals surface area contributed by atoms with Gasteiger partial charge in [0, 0.05) is 38.2 Å². The first-order valence-corrected chi connectivity index (χ1v) is 8.67. The third kappa shape index (κ3) is 3.15. The van der Waals surface area contributed by atoms with Crippen molar-refractivity contribution in [2.75, 3.05) is 33.0 Å². The Kier molecular flexibility index (Phi) is 4.12. The Hall–Kier alpha value is -1.75. The summed E-state index contributed by atoms with van der Waals surface area (Å²) in [5.41, 5.74) is 1.21. The second kappa shape index (κ2) is 6.40. The lowest BCUT2D eigenvalue weighted by Gasteiger charge is -2.34. The summed E-state index contributed by atoms with van der Waals surface area (Å²) < 4.78 is 11.1. The number of fused-ring (bicyclic) bond motifs is 1. The number of carbonyl (C=O) groups excluding carboxylic acids is 1. The molecule has 1 amide bonds. The number of hydrogen-bond acceptors (Lipinski definition) is 4. The van der Waals surface area contributed by atoms with Crippen LogP contribution in [0.4, 0.5) is 0 Å². The second-order valence-electron chi connectivity index (χ2n) is 6.84. The van der Waals surface area contributed by atoms with Gasteiger partial charge in [0.15, 0.2) is 11.5 Å². The number of para-hydroxylation sites is 1. The summed E-state index contributed by atoms with van der Waals surface area (Å²) in [5.74, 6) is 2.70. The van der Waals surface area contributed by atoms with Gasteiger partial charge in [0.2, 0.25) is 12.7 Å². The van der Waals surface area contributed by atoms with Gasteiger partial charge in [0.25, 0.3) is 0 Å². The van der Waals surface area contributed by atoms with E-state index in [0.717, 1.165) is 57.1 Å². The summed E-state index contributed by atoms with van der Waals surface area (Å²) >= 11 is 0. The minimum atomic E-state index is 0.325. The van der Waals surface area contributed by atoms with Crippen LogP contribution >= 0.6 is 0 Å². The molecule has 1 atom stereocenters. The number of hydrogen-bond donors (Lipinski definition) is 0. The first-order valence-electron chi connectivity index (χ1n) is 8.67. The topological polar surface area (TPSA) is 42.0 Å². The SMILES string of the molecule is O=C1CCCN1CC1CCCN(Cc2cccc3c2OCO3)C1. The van der Waals surface area contributed by atoms with Crippen LogP contribution in [0, 0.1) is 5.92 Å². The molecule has 2 saturated heterocycles. The van der Waals surface area contributed by atoms with Gasteiger partial charge in [-0.15, -0.1) is 0 Å². The smallest absolute Gasteiger partial charge is 0.231 e. The van der Waals surface area contributed by atoms with E-state index in [1.54, 1.807) is 0 Å². The molecule has 3 aliphatic heterocycles. The molecule has 5 nitrogen and oxygen atoms in total. The van der Waals surface area contributed by atoms with Gasteiger partial charge in [-0.2, -0.15) is 0 Å². The van der Waals surface area contributed by atoms with Crippen molar-refractivity contribution >= 4 is 5.91 Å². The maximum Gasteiger partial charge on any atom is 0.231 e. The fourth-order valence-electron chi connectivity index (χ4n) is 4.01. The largest absolute Gasteiger partial charge is 0.454 e. The van der Waals surface area contributed by atoms with Crippen LogP contribution in [0.3, 0.4) is 0 Å². The highest BCUT2D eigenvalue weighted by atomic mass is 16.7. The molecule has 3 heterocycles. The predicted molar refractivity (Wildman–Crippen MR) is 86.4 cm³/mol. The molecule has 4 rings (SSSR count). The van der Waals surface area contributed by atoms with Crippen molar-refractivity contribution in [2.45, 2.75) is 32.2 Å². The molecule has 1 unspecified atom stereocenters. The third-order valence-electron chi connectivity index (χ3n) is 5.13. The number of likely N-dealkylation sites (tertiary alicyclic amines) is 2. The molecule has 1 aromatic carbocycles. The molecular formula is C18H24N2O3. The lowest BCUT2D eigenvalue weighted by Crippen LogP contribution is -2.41. The quantitative estimate of drug-likeness (QED) is 0.854. The van der Waals surface area contributed by atoms with Crippen LogP contribution in [-0.4, -0.2) is 48.7 Å². The van der Waals surface area contributed by atoms with Gasteiger partial charge in [0.05, 0.1) is 0 Å². The number of rotatable bonds is 4. The highest BCUT2D eigenvalue weighted by Gasteiger charge is 2.27. The van der Waals surface area contributed by atoms with Gasteiger partial charge in [-0.05, 0) is 37.8 Å². The third-order valence-corrected chi connectivity index (χ3v) is 5.13. The summed E-state index contributed by atoms with van der Waals surface area (Å²) in [4.78, 5) is 16.4. The van der Waals surface area contributed by atoms with E-state index in [1.807, 2.05) is 12.1 Å². The zero-order valence-electron chi connectivity index (χ0n) is 13.5. The van der Waals surface area contributed by atoms with Crippen LogP contribution in [0.5, 0.6) is 11.5 Å². The minimum absolute atomic E-state index is 0.325. The van der Waals surface area contributed by atoms with E-state index in [0.29, 0.717) is 18.6 Å². The molecule has 0 N–H and O–H groups in total. The molecule has 23 heavy (non-hydrogen) atoms. The monoisotopic (exact) mass is 316 g/mol. The fraction of sp³-hybridized carbons (Fsp3) is 0.611. The van der Waals surface area contributed by atoms with Crippen LogP contribution in [0.1, 0.15) is 31.2 Å². The van der Waals surface area contributed by atoms with Gasteiger partial charge in [-0.25, -0.2) is 0 Å². The van der Waals surface area contributed by atoms with Gasteiger partial charge < -0.3 is 14.4 Å². The van der Waals surface area contributed by atoms with Crippen molar-refractivity contribution in [3.63, 3.8) is 0 Å². The fourth-order valence-corrected chi connectivity index (χ4v) is 4.01. The Bertz CT molecular complexity index is 590. The van der Waals surface area contributed by atoms with Crippen molar-refractivity contribution in [3.8, 4) is 11.5 Å². The van der Waals surface area contributed by atoms with E-state index in [4.69, 9.17) is 9.47 Å². The van der Waals surface area contributed by atoms with Gasteiger partial charge >= 0.3 is 0 Å². The number of nitrogens with zero attached hydrogens (tertiary/aromatic N) is 2. The minimum Gasteiger partial charge on any atom is -0.454 e. The molecule has 2 fully saturated rings. The highest BCUT2D eigenvalue weighted by molar-refractivity contribution is 5.78. The normalized spacial score (nSPS) is 24.4. The molecule has 124 valence electrons. The van der Waals surface area contributed by atoms with Crippen LogP contribution in [0.25, 0.3) is 0 Å². The van der Waals surface area contributed by atoms with E-state index in [2.05, 4.69) is 15.9 Å². The maximum atomic E-state index is 11.8. The lowest BCUT2D eigenvalue weighted by atomic mass is 9.97. The number of ether oxygens (including phenoxy) is 2. The predicted octanol–water partition coefficient (Wildman–Crippen LogP) is 2.25. The Balaban J connectivity index is 1.38. The average molecular weight is 316 g/mol. The van der Waals surface area contributed by atoms with Gasteiger partial charge in [-0.1, -0.05) is 12.1 Å². The Morgan fingerprint density at radius 3 is 3.00 bits per heavy atom. The molecule has 0 bridgehead atoms. The Morgan fingerprint density at radius 1 is 1.17 bits per heavy atom. The molecule has 0 radical (unpaired) electrons. The number of amides is 1. The summed E-state index contributed by atoms with van der Waals surface area (Å²) in [6, 6.07) is 6.12. The van der Waals surface area contributed by atoms with Crippen LogP contribution in [0.2, 0.25) is 0 Å². The highest BCUT2D eigenvalue weighted by Crippen LogP contribution is 2.36. The molecule has 0 aliphatic carbocycles. The van der Waals surface area contributed by atoms with E-state index in [1.165, 1.54) is 18.4 Å². The summed E-state index contributed by atoms with van der Waals surface area (Å²) in [6.45, 7) is 5.29. The maximum absolute atomic E-state index is 11.8. The van der Waals surface area contributed by atoms with Crippen LogP contribution in [-0.2, 0) is 11.3 Å². The zero-order valence-corrected chi connectivity index (χ0v) is 13.5. The van der Waals surface area contributed by atoms with Crippen molar-refractivity contribution in [3.05, 3.63) is 23.8 Å². The van der Waals surface area contributed by atoms with Crippen LogP contribution in [0.15, 0.2) is 18.2 Å². The van der Waals surface area contributed by atoms with Crippen molar-refractivity contribution in [1.29, 1.82) is 0 Å². The van der Waals surface area contributed by atoms with E-state index >= 15 is 0 Å². The van der Waals surface area contributed by atoms with Gasteiger partial charge in [-0.3, -0.25) is 9.69 Å². The first-order chi connectivity index (χ1) is 11.3. The first kappa shape index (κ1) is 14.8. The molecule has 1 aromatic rings. The van der Waals surface area contributed by atoms with Crippen molar-refractivity contribution in [2.24, 2.45) is 5.92 Å². The second-order valence-corrected chi connectivity index (χ2v) is 6.84. The molecule has 0 spiro atoms. The summed E-state index contributed by atoms with van der Waals surface area (Å²) in [5, 5.41) is 0.